The zero-order valence-corrected chi connectivity index (χ0v) is 10.7. The lowest BCUT2D eigenvalue weighted by molar-refractivity contribution is 0.0590. The highest BCUT2D eigenvalue weighted by Gasteiger charge is 2.24. The van der Waals surface area contributed by atoms with Crippen LogP contribution in [0.4, 0.5) is 0 Å². The molecule has 3 rings (SSSR count). The van der Waals surface area contributed by atoms with Crippen molar-refractivity contribution in [3.63, 3.8) is 0 Å². The molecule has 1 aliphatic rings. The maximum Gasteiger partial charge on any atom is 0.355 e. The molecule has 2 aromatic heterocycles. The summed E-state index contributed by atoms with van der Waals surface area (Å²) in [6, 6.07) is 5.34. The van der Waals surface area contributed by atoms with E-state index in [1.807, 2.05) is 6.07 Å². The van der Waals surface area contributed by atoms with Crippen molar-refractivity contribution >= 4 is 11.6 Å². The largest absolute Gasteiger partial charge is 0.464 e. The summed E-state index contributed by atoms with van der Waals surface area (Å²) in [6.07, 6.45) is 1.80. The molecular formula is C13H15N3O3. The molecule has 2 aromatic rings. The molecule has 0 bridgehead atoms. The first-order valence-electron chi connectivity index (χ1n) is 6.31. The molecule has 1 aliphatic heterocycles. The quantitative estimate of drug-likeness (QED) is 0.765. The second-order valence-corrected chi connectivity index (χ2v) is 4.54. The number of fused-ring (bicyclic) bond motifs is 1. The molecule has 19 heavy (non-hydrogen) atoms. The van der Waals surface area contributed by atoms with E-state index < -0.39 is 0 Å². The Balaban J connectivity index is 2.11. The van der Waals surface area contributed by atoms with E-state index in [1.54, 1.807) is 16.5 Å². The van der Waals surface area contributed by atoms with Gasteiger partial charge < -0.3 is 9.47 Å². The predicted molar refractivity (Wildman–Crippen MR) is 67.1 cm³/mol. The van der Waals surface area contributed by atoms with Crippen LogP contribution < -0.4 is 0 Å². The summed E-state index contributed by atoms with van der Waals surface area (Å²) >= 11 is 0. The number of carbonyl (C=O) groups excluding carboxylic acids is 1. The molecule has 3 heterocycles. The number of esters is 1. The first-order valence-corrected chi connectivity index (χ1v) is 6.31. The standard InChI is InChI=1S/C13H15N3O3/c1-18-13(17)10-3-2-4-11-14-15-12(16(10)11)9-5-7-19-8-6-9/h2-4,9H,5-8H2,1H3. The summed E-state index contributed by atoms with van der Waals surface area (Å²) in [6.45, 7) is 1.44. The van der Waals surface area contributed by atoms with Gasteiger partial charge in [0.05, 0.1) is 7.11 Å². The van der Waals surface area contributed by atoms with Gasteiger partial charge in [0.15, 0.2) is 5.65 Å². The van der Waals surface area contributed by atoms with Crippen molar-refractivity contribution in [2.45, 2.75) is 18.8 Å². The minimum absolute atomic E-state index is 0.273. The molecule has 6 nitrogen and oxygen atoms in total. The van der Waals surface area contributed by atoms with Crippen LogP contribution in [0.1, 0.15) is 35.1 Å². The van der Waals surface area contributed by atoms with Crippen LogP contribution in [0.25, 0.3) is 5.65 Å². The number of hydrogen-bond donors (Lipinski definition) is 0. The van der Waals surface area contributed by atoms with Crippen molar-refractivity contribution in [1.29, 1.82) is 0 Å². The lowest BCUT2D eigenvalue weighted by Gasteiger charge is -2.20. The van der Waals surface area contributed by atoms with Crippen LogP contribution in [0.3, 0.4) is 0 Å². The Morgan fingerprint density at radius 2 is 2.16 bits per heavy atom. The van der Waals surface area contributed by atoms with E-state index >= 15 is 0 Å². The van der Waals surface area contributed by atoms with Gasteiger partial charge in [-0.25, -0.2) is 4.79 Å². The number of ether oxygens (including phenoxy) is 2. The molecule has 0 spiro atoms. The maximum atomic E-state index is 11.8. The van der Waals surface area contributed by atoms with Gasteiger partial charge in [-0.2, -0.15) is 0 Å². The molecule has 0 amide bonds. The zero-order chi connectivity index (χ0) is 13.2. The molecule has 0 atom stereocenters. The third-order valence-electron chi connectivity index (χ3n) is 3.43. The third kappa shape index (κ3) is 2.08. The Labute approximate surface area is 110 Å². The number of aromatic nitrogens is 3. The molecule has 0 saturated carbocycles. The Morgan fingerprint density at radius 3 is 2.89 bits per heavy atom. The van der Waals surface area contributed by atoms with Crippen molar-refractivity contribution < 1.29 is 14.3 Å². The highest BCUT2D eigenvalue weighted by molar-refractivity contribution is 5.88. The van der Waals surface area contributed by atoms with Crippen LogP contribution in [0.15, 0.2) is 18.2 Å². The van der Waals surface area contributed by atoms with Gasteiger partial charge in [-0.3, -0.25) is 4.40 Å². The average molecular weight is 261 g/mol. The summed E-state index contributed by atoms with van der Waals surface area (Å²) in [5.74, 6) is 0.715. The monoisotopic (exact) mass is 261 g/mol. The second-order valence-electron chi connectivity index (χ2n) is 4.54. The first-order chi connectivity index (χ1) is 9.31. The van der Waals surface area contributed by atoms with Crippen LogP contribution in [0.2, 0.25) is 0 Å². The fraction of sp³-hybridized carbons (Fsp3) is 0.462. The SMILES string of the molecule is COC(=O)c1cccc2nnc(C3CCOCC3)n12. The minimum atomic E-state index is -0.376. The molecule has 0 unspecified atom stereocenters. The van der Waals surface area contributed by atoms with Crippen LogP contribution in [0.5, 0.6) is 0 Å². The summed E-state index contributed by atoms with van der Waals surface area (Å²) in [5, 5.41) is 8.38. The molecule has 0 N–H and O–H groups in total. The van der Waals surface area contributed by atoms with Crippen LogP contribution in [-0.2, 0) is 9.47 Å². The average Bonchev–Trinajstić information content (AvgIpc) is 2.91. The predicted octanol–water partition coefficient (Wildman–Crippen LogP) is 1.41. The lowest BCUT2D eigenvalue weighted by atomic mass is 9.99. The molecular weight excluding hydrogens is 246 g/mol. The fourth-order valence-corrected chi connectivity index (χ4v) is 2.45. The molecule has 1 fully saturated rings. The first kappa shape index (κ1) is 12.1. The number of rotatable bonds is 2. The van der Waals surface area contributed by atoms with Crippen molar-refractivity contribution in [2.24, 2.45) is 0 Å². The Kier molecular flexibility index (Phi) is 3.16. The van der Waals surface area contributed by atoms with E-state index in [-0.39, 0.29) is 11.9 Å². The molecule has 100 valence electrons. The number of hydrogen-bond acceptors (Lipinski definition) is 5. The smallest absolute Gasteiger partial charge is 0.355 e. The zero-order valence-electron chi connectivity index (χ0n) is 10.7. The number of methoxy groups -OCH3 is 1. The summed E-state index contributed by atoms with van der Waals surface area (Å²) in [4.78, 5) is 11.8. The van der Waals surface area contributed by atoms with E-state index in [0.29, 0.717) is 11.3 Å². The summed E-state index contributed by atoms with van der Waals surface area (Å²) < 4.78 is 12.0. The Hall–Kier alpha value is -1.95. The molecule has 0 aliphatic carbocycles. The van der Waals surface area contributed by atoms with Crippen molar-refractivity contribution in [1.82, 2.24) is 14.6 Å². The van der Waals surface area contributed by atoms with E-state index in [9.17, 15) is 4.79 Å². The van der Waals surface area contributed by atoms with Crippen molar-refractivity contribution in [3.8, 4) is 0 Å². The lowest BCUT2D eigenvalue weighted by Crippen LogP contribution is -2.18. The minimum Gasteiger partial charge on any atom is -0.464 e. The van der Waals surface area contributed by atoms with Gasteiger partial charge in [-0.1, -0.05) is 6.07 Å². The van der Waals surface area contributed by atoms with Crippen LogP contribution in [0, 0.1) is 0 Å². The van der Waals surface area contributed by atoms with Gasteiger partial charge in [0.1, 0.15) is 11.5 Å². The highest BCUT2D eigenvalue weighted by atomic mass is 16.5. The van der Waals surface area contributed by atoms with E-state index in [2.05, 4.69) is 10.2 Å². The molecule has 6 heteroatoms. The van der Waals surface area contributed by atoms with Gasteiger partial charge in [0, 0.05) is 19.1 Å². The van der Waals surface area contributed by atoms with Gasteiger partial charge in [-0.15, -0.1) is 10.2 Å². The molecule has 0 radical (unpaired) electrons. The van der Waals surface area contributed by atoms with Crippen molar-refractivity contribution in [3.05, 3.63) is 29.7 Å². The number of pyridine rings is 1. The van der Waals surface area contributed by atoms with E-state index in [4.69, 9.17) is 9.47 Å². The van der Waals surface area contributed by atoms with Gasteiger partial charge in [0.25, 0.3) is 0 Å². The van der Waals surface area contributed by atoms with Crippen molar-refractivity contribution in [2.75, 3.05) is 20.3 Å². The molecule has 1 saturated heterocycles. The third-order valence-corrected chi connectivity index (χ3v) is 3.43. The van der Waals surface area contributed by atoms with Crippen LogP contribution >= 0.6 is 0 Å². The summed E-state index contributed by atoms with van der Waals surface area (Å²) in [7, 11) is 1.37. The highest BCUT2D eigenvalue weighted by Crippen LogP contribution is 2.26. The van der Waals surface area contributed by atoms with Gasteiger partial charge in [0.2, 0.25) is 0 Å². The van der Waals surface area contributed by atoms with Crippen LogP contribution in [-0.4, -0.2) is 40.9 Å². The second kappa shape index (κ2) is 4.97. The normalized spacial score (nSPS) is 16.7. The van der Waals surface area contributed by atoms with E-state index in [1.165, 1.54) is 7.11 Å². The Bertz CT molecular complexity index is 602. The van der Waals surface area contributed by atoms with Gasteiger partial charge >= 0.3 is 5.97 Å². The van der Waals surface area contributed by atoms with E-state index in [0.717, 1.165) is 31.9 Å². The maximum absolute atomic E-state index is 11.8. The fourth-order valence-electron chi connectivity index (χ4n) is 2.45. The number of carbonyl (C=O) groups is 1. The molecule has 0 aromatic carbocycles. The Morgan fingerprint density at radius 1 is 1.37 bits per heavy atom. The topological polar surface area (TPSA) is 65.7 Å². The number of nitrogens with zero attached hydrogens (tertiary/aromatic N) is 3. The summed E-state index contributed by atoms with van der Waals surface area (Å²) in [5.41, 5.74) is 1.14. The van der Waals surface area contributed by atoms with Gasteiger partial charge in [-0.05, 0) is 25.0 Å².